The van der Waals surface area contributed by atoms with Gasteiger partial charge in [0.25, 0.3) is 11.5 Å². The largest absolute Gasteiger partial charge is 0.483 e. The molecular weight excluding hydrogens is 596 g/mol. The molecule has 11 heteroatoms. The predicted octanol–water partition coefficient (Wildman–Crippen LogP) is 3.75. The maximum Gasteiger partial charge on any atom is 0.332 e. The number of amides is 1. The van der Waals surface area contributed by atoms with E-state index in [2.05, 4.69) is 29.2 Å². The Kier molecular flexibility index (Phi) is 8.13. The first-order valence-corrected chi connectivity index (χ1v) is 15.5. The van der Waals surface area contributed by atoms with Gasteiger partial charge in [0, 0.05) is 38.1 Å². The van der Waals surface area contributed by atoms with Crippen molar-refractivity contribution in [1.82, 2.24) is 28.8 Å². The second-order valence-corrected chi connectivity index (χ2v) is 11.6. The molecule has 4 heterocycles. The average Bonchev–Trinajstić information content (AvgIpc) is 3.49. The maximum atomic E-state index is 13.8. The summed E-state index contributed by atoms with van der Waals surface area (Å²) in [6, 6.07) is 23.5. The highest BCUT2D eigenvalue weighted by atomic mass is 16.5. The maximum absolute atomic E-state index is 13.8. The van der Waals surface area contributed by atoms with Crippen molar-refractivity contribution >= 4 is 27.7 Å². The topological polar surface area (TPSA) is 113 Å². The number of carbonyl (C=O) groups is 1. The van der Waals surface area contributed by atoms with E-state index in [9.17, 15) is 14.4 Å². The molecule has 0 spiro atoms. The Morgan fingerprint density at radius 3 is 2.43 bits per heavy atom. The molecule has 1 aliphatic heterocycles. The lowest BCUT2D eigenvalue weighted by Crippen LogP contribution is -2.43. The van der Waals surface area contributed by atoms with Crippen molar-refractivity contribution < 1.29 is 14.3 Å². The van der Waals surface area contributed by atoms with Crippen LogP contribution in [0.3, 0.4) is 0 Å². The number of rotatable bonds is 8. The molecular formula is C36H34N6O5. The summed E-state index contributed by atoms with van der Waals surface area (Å²) in [5.74, 6) is 0.451. The molecule has 0 radical (unpaired) electrons. The van der Waals surface area contributed by atoms with E-state index in [1.54, 1.807) is 17.3 Å². The number of hydrogen-bond acceptors (Lipinski definition) is 7. The summed E-state index contributed by atoms with van der Waals surface area (Å²) in [5, 5.41) is 7.50. The van der Waals surface area contributed by atoms with E-state index in [0.29, 0.717) is 55.3 Å². The lowest BCUT2D eigenvalue weighted by molar-refractivity contribution is -0.137. The molecule has 7 rings (SSSR count). The van der Waals surface area contributed by atoms with Crippen LogP contribution < -0.4 is 16.0 Å². The van der Waals surface area contributed by atoms with Gasteiger partial charge in [0.15, 0.2) is 12.3 Å². The van der Waals surface area contributed by atoms with E-state index in [1.165, 1.54) is 11.6 Å². The van der Waals surface area contributed by atoms with E-state index in [4.69, 9.17) is 14.6 Å². The molecule has 6 aromatic rings. The molecule has 0 atom stereocenters. The van der Waals surface area contributed by atoms with Crippen LogP contribution in [0.25, 0.3) is 33.1 Å². The third kappa shape index (κ3) is 5.70. The lowest BCUT2D eigenvalue weighted by atomic mass is 10.0. The molecule has 0 aliphatic carbocycles. The number of fused-ring (bicyclic) bond motifs is 2. The van der Waals surface area contributed by atoms with Gasteiger partial charge in [-0.1, -0.05) is 54.6 Å². The minimum absolute atomic E-state index is 0.0950. The van der Waals surface area contributed by atoms with E-state index >= 15 is 0 Å². The second kappa shape index (κ2) is 12.7. The quantitative estimate of drug-likeness (QED) is 0.252. The third-order valence-corrected chi connectivity index (χ3v) is 8.82. The average molecular weight is 631 g/mol. The van der Waals surface area contributed by atoms with Crippen LogP contribution in [-0.4, -0.2) is 67.6 Å². The highest BCUT2D eigenvalue weighted by Crippen LogP contribution is 2.29. The van der Waals surface area contributed by atoms with Gasteiger partial charge in [0.1, 0.15) is 11.1 Å². The van der Waals surface area contributed by atoms with Crippen molar-refractivity contribution in [2.24, 2.45) is 7.05 Å². The molecule has 1 fully saturated rings. The molecule has 1 saturated heterocycles. The first-order valence-electron chi connectivity index (χ1n) is 15.5. The monoisotopic (exact) mass is 630 g/mol. The lowest BCUT2D eigenvalue weighted by Gasteiger charge is -2.26. The Morgan fingerprint density at radius 1 is 0.894 bits per heavy atom. The molecule has 0 saturated carbocycles. The molecule has 1 amide bonds. The fourth-order valence-electron chi connectivity index (χ4n) is 6.21. The van der Waals surface area contributed by atoms with Gasteiger partial charge in [0.2, 0.25) is 0 Å². The van der Waals surface area contributed by atoms with E-state index in [-0.39, 0.29) is 19.1 Å². The van der Waals surface area contributed by atoms with Crippen LogP contribution in [0.2, 0.25) is 0 Å². The van der Waals surface area contributed by atoms with E-state index < -0.39 is 11.2 Å². The number of carbonyl (C=O) groups excluding carboxylic acids is 1. The van der Waals surface area contributed by atoms with Gasteiger partial charge in [-0.15, -0.1) is 0 Å². The fourth-order valence-corrected chi connectivity index (χ4v) is 6.21. The fraction of sp³-hybridized carbons (Fsp3) is 0.250. The molecule has 0 unspecified atom stereocenters. The van der Waals surface area contributed by atoms with Gasteiger partial charge < -0.3 is 14.4 Å². The zero-order chi connectivity index (χ0) is 32.5. The molecule has 3 aromatic carbocycles. The molecule has 47 heavy (non-hydrogen) atoms. The van der Waals surface area contributed by atoms with Crippen molar-refractivity contribution in [3.05, 3.63) is 123 Å². The number of hydrogen-bond donors (Lipinski definition) is 0. The summed E-state index contributed by atoms with van der Waals surface area (Å²) < 4.78 is 15.8. The van der Waals surface area contributed by atoms with Gasteiger partial charge in [-0.05, 0) is 52.6 Å². The minimum atomic E-state index is -0.480. The number of nitrogens with zero attached hydrogens (tertiary/aromatic N) is 6. The van der Waals surface area contributed by atoms with Crippen LogP contribution in [0.15, 0.2) is 94.8 Å². The van der Waals surface area contributed by atoms with Crippen molar-refractivity contribution in [3.8, 4) is 17.0 Å². The second-order valence-electron chi connectivity index (χ2n) is 11.6. The van der Waals surface area contributed by atoms with Crippen LogP contribution in [0, 0.1) is 6.92 Å². The Labute approximate surface area is 270 Å². The zero-order valence-electron chi connectivity index (χ0n) is 26.3. The number of pyridine rings is 1. The highest BCUT2D eigenvalue weighted by Gasteiger charge is 2.24. The van der Waals surface area contributed by atoms with Gasteiger partial charge >= 0.3 is 5.69 Å². The molecule has 3 aromatic heterocycles. The number of morpholine rings is 1. The van der Waals surface area contributed by atoms with Gasteiger partial charge in [-0.3, -0.25) is 28.4 Å². The van der Waals surface area contributed by atoms with Crippen molar-refractivity contribution in [3.63, 3.8) is 0 Å². The normalized spacial score (nSPS) is 13.4. The summed E-state index contributed by atoms with van der Waals surface area (Å²) >= 11 is 0. The minimum Gasteiger partial charge on any atom is -0.483 e. The number of ether oxygens (including phenoxy) is 2. The Morgan fingerprint density at radius 2 is 1.62 bits per heavy atom. The Balaban J connectivity index is 1.31. The van der Waals surface area contributed by atoms with E-state index in [1.807, 2.05) is 60.1 Å². The number of aromatic nitrogens is 5. The molecule has 11 nitrogen and oxygen atoms in total. The van der Waals surface area contributed by atoms with Gasteiger partial charge in [-0.25, -0.2) is 4.79 Å². The number of benzene rings is 3. The summed E-state index contributed by atoms with van der Waals surface area (Å²) in [6.45, 7) is 4.45. The Hall–Kier alpha value is -5.55. The summed E-state index contributed by atoms with van der Waals surface area (Å²) in [5.41, 5.74) is 3.39. The van der Waals surface area contributed by atoms with Crippen LogP contribution in [0.5, 0.6) is 5.75 Å². The first kappa shape index (κ1) is 30.1. The van der Waals surface area contributed by atoms with Crippen LogP contribution >= 0.6 is 0 Å². The summed E-state index contributed by atoms with van der Waals surface area (Å²) in [6.07, 6.45) is 3.35. The van der Waals surface area contributed by atoms with Crippen molar-refractivity contribution in [2.75, 3.05) is 32.9 Å². The zero-order valence-corrected chi connectivity index (χ0v) is 26.3. The summed E-state index contributed by atoms with van der Waals surface area (Å²) in [4.78, 5) is 46.2. The smallest absolute Gasteiger partial charge is 0.332 e. The van der Waals surface area contributed by atoms with Gasteiger partial charge in [-0.2, -0.15) is 5.10 Å². The standard InChI is InChI=1S/C36H34N6O5/c1-24-27(9-6-12-30(24)47-23-31(43)40-17-19-46-20-18-40)21-41-34-32(35(44)39(2)36(41)45)33(26-13-15-37-16-14-26)42(38-34)22-28-10-5-8-25-7-3-4-11-29(25)28/h3-16H,17-23H2,1-2H3. The first-order chi connectivity index (χ1) is 22.9. The van der Waals surface area contributed by atoms with Crippen molar-refractivity contribution in [1.29, 1.82) is 0 Å². The SMILES string of the molecule is Cc1c(Cn2c(=O)n(C)c(=O)c3c(-c4ccncc4)n(Cc4cccc5ccccc45)nc32)cccc1OCC(=O)N1CCOCC1. The summed E-state index contributed by atoms with van der Waals surface area (Å²) in [7, 11) is 1.49. The molecule has 0 N–H and O–H groups in total. The van der Waals surface area contributed by atoms with E-state index in [0.717, 1.165) is 37.6 Å². The molecule has 0 bridgehead atoms. The van der Waals surface area contributed by atoms with Gasteiger partial charge in [0.05, 0.1) is 32.0 Å². The van der Waals surface area contributed by atoms with Crippen molar-refractivity contribution in [2.45, 2.75) is 20.0 Å². The third-order valence-electron chi connectivity index (χ3n) is 8.82. The van der Waals surface area contributed by atoms with Crippen LogP contribution in [0.4, 0.5) is 0 Å². The van der Waals surface area contributed by atoms with Crippen LogP contribution in [0.1, 0.15) is 16.7 Å². The Bertz CT molecular complexity index is 2230. The molecule has 238 valence electrons. The highest BCUT2D eigenvalue weighted by molar-refractivity contribution is 5.91. The van der Waals surface area contributed by atoms with Crippen LogP contribution in [-0.2, 0) is 29.7 Å². The predicted molar refractivity (Wildman–Crippen MR) is 179 cm³/mol. The molecule has 1 aliphatic rings.